The second-order valence-corrected chi connectivity index (χ2v) is 6.71. The zero-order chi connectivity index (χ0) is 12.0. The van der Waals surface area contributed by atoms with Crippen LogP contribution < -0.4 is 10.6 Å². The van der Waals surface area contributed by atoms with E-state index in [1.165, 1.54) is 41.5 Å². The van der Waals surface area contributed by atoms with Crippen molar-refractivity contribution in [2.24, 2.45) is 11.7 Å². The number of rotatable bonds is 3. The first-order valence-electron chi connectivity index (χ1n) is 6.65. The topological polar surface area (TPSA) is 42.2 Å². The van der Waals surface area contributed by atoms with Crippen molar-refractivity contribution >= 4 is 16.5 Å². The second-order valence-electron chi connectivity index (χ2n) is 5.65. The fraction of sp³-hybridized carbons (Fsp3) is 0.769. The highest BCUT2D eigenvalue weighted by atomic mass is 32.1. The highest BCUT2D eigenvalue weighted by Crippen LogP contribution is 2.42. The zero-order valence-electron chi connectivity index (χ0n) is 10.6. The van der Waals surface area contributed by atoms with Gasteiger partial charge in [0.25, 0.3) is 0 Å². The lowest BCUT2D eigenvalue weighted by Gasteiger charge is -2.26. The van der Waals surface area contributed by atoms with E-state index in [1.54, 1.807) is 0 Å². The minimum atomic E-state index is 0.485. The fourth-order valence-corrected chi connectivity index (χ4v) is 4.40. The third kappa shape index (κ3) is 1.87. The molecular weight excluding hydrogens is 230 g/mol. The van der Waals surface area contributed by atoms with Gasteiger partial charge in [-0.25, -0.2) is 4.98 Å². The molecule has 3 nitrogen and oxygen atoms in total. The van der Waals surface area contributed by atoms with Crippen molar-refractivity contribution in [3.05, 3.63) is 10.6 Å². The molecule has 0 radical (unpaired) electrons. The Morgan fingerprint density at radius 3 is 2.76 bits per heavy atom. The van der Waals surface area contributed by atoms with Crippen molar-refractivity contribution in [3.8, 4) is 0 Å². The average molecular weight is 251 g/mol. The Morgan fingerprint density at radius 1 is 1.47 bits per heavy atom. The molecule has 1 saturated carbocycles. The van der Waals surface area contributed by atoms with E-state index in [4.69, 9.17) is 10.7 Å². The maximum absolute atomic E-state index is 5.83. The van der Waals surface area contributed by atoms with Crippen LogP contribution in [-0.2, 0) is 6.54 Å². The van der Waals surface area contributed by atoms with E-state index in [2.05, 4.69) is 18.7 Å². The Bertz CT molecular complexity index is 413. The van der Waals surface area contributed by atoms with Gasteiger partial charge in [0.1, 0.15) is 0 Å². The maximum atomic E-state index is 5.83. The number of hydrogen-bond acceptors (Lipinski definition) is 4. The molecular formula is C13H21N3S. The first kappa shape index (κ1) is 11.5. The number of hydrogen-bond donors (Lipinski definition) is 1. The molecule has 1 aromatic rings. The summed E-state index contributed by atoms with van der Waals surface area (Å²) < 4.78 is 0. The Morgan fingerprint density at radius 2 is 2.29 bits per heavy atom. The zero-order valence-corrected chi connectivity index (χ0v) is 11.5. The van der Waals surface area contributed by atoms with Crippen LogP contribution in [0.4, 0.5) is 5.13 Å². The summed E-state index contributed by atoms with van der Waals surface area (Å²) in [5.41, 5.74) is 7.05. The molecule has 2 aliphatic rings. The van der Waals surface area contributed by atoms with Crippen LogP contribution in [-0.4, -0.2) is 17.6 Å². The van der Waals surface area contributed by atoms with Crippen LogP contribution >= 0.6 is 11.3 Å². The fourth-order valence-electron chi connectivity index (χ4n) is 3.23. The highest BCUT2D eigenvalue weighted by molar-refractivity contribution is 7.15. The normalized spacial score (nSPS) is 27.4. The summed E-state index contributed by atoms with van der Waals surface area (Å²) in [5, 5.41) is 1.22. The predicted molar refractivity (Wildman–Crippen MR) is 72.6 cm³/mol. The standard InChI is InChI=1S/C13H21N3S/c1-8(2)12-11(6-14)17-13(15-12)16-7-9-3-4-10(16)5-9/h8-10H,3-7,14H2,1-2H3. The number of piperidine rings is 1. The van der Waals surface area contributed by atoms with Gasteiger partial charge in [-0.05, 0) is 31.1 Å². The molecule has 17 heavy (non-hydrogen) atoms. The molecule has 94 valence electrons. The summed E-state index contributed by atoms with van der Waals surface area (Å²) in [4.78, 5) is 8.65. The van der Waals surface area contributed by atoms with Gasteiger partial charge in [0.15, 0.2) is 5.13 Å². The van der Waals surface area contributed by atoms with Gasteiger partial charge in [-0.1, -0.05) is 13.8 Å². The molecule has 3 rings (SSSR count). The number of nitrogens with zero attached hydrogens (tertiary/aromatic N) is 2. The van der Waals surface area contributed by atoms with Crippen LogP contribution in [0.2, 0.25) is 0 Å². The van der Waals surface area contributed by atoms with Crippen LogP contribution in [0.5, 0.6) is 0 Å². The lowest BCUT2D eigenvalue weighted by molar-refractivity contribution is 0.552. The van der Waals surface area contributed by atoms with Gasteiger partial charge >= 0.3 is 0 Å². The minimum Gasteiger partial charge on any atom is -0.345 e. The monoisotopic (exact) mass is 251 g/mol. The molecule has 4 heteroatoms. The van der Waals surface area contributed by atoms with Crippen molar-refractivity contribution in [2.75, 3.05) is 11.4 Å². The third-order valence-electron chi connectivity index (χ3n) is 4.10. The van der Waals surface area contributed by atoms with E-state index in [-0.39, 0.29) is 0 Å². The van der Waals surface area contributed by atoms with E-state index in [9.17, 15) is 0 Å². The first-order chi connectivity index (χ1) is 8.19. The minimum absolute atomic E-state index is 0.485. The van der Waals surface area contributed by atoms with Crippen LogP contribution in [0.15, 0.2) is 0 Å². The summed E-state index contributed by atoms with van der Waals surface area (Å²) in [7, 11) is 0. The van der Waals surface area contributed by atoms with Gasteiger partial charge in [0, 0.05) is 24.0 Å². The molecule has 2 fully saturated rings. The smallest absolute Gasteiger partial charge is 0.186 e. The van der Waals surface area contributed by atoms with Crippen LogP contribution in [0.3, 0.4) is 0 Å². The van der Waals surface area contributed by atoms with Crippen molar-refractivity contribution < 1.29 is 0 Å². The van der Waals surface area contributed by atoms with Crippen molar-refractivity contribution in [3.63, 3.8) is 0 Å². The van der Waals surface area contributed by atoms with Gasteiger partial charge in [0.2, 0.25) is 0 Å². The van der Waals surface area contributed by atoms with Crippen molar-refractivity contribution in [1.29, 1.82) is 0 Å². The van der Waals surface area contributed by atoms with Gasteiger partial charge in [-0.3, -0.25) is 0 Å². The molecule has 2 atom stereocenters. The number of thiazole rings is 1. The maximum Gasteiger partial charge on any atom is 0.186 e. The third-order valence-corrected chi connectivity index (χ3v) is 5.23. The van der Waals surface area contributed by atoms with Crippen molar-refractivity contribution in [1.82, 2.24) is 4.98 Å². The molecule has 0 aromatic carbocycles. The van der Waals surface area contributed by atoms with Gasteiger partial charge in [-0.2, -0.15) is 0 Å². The van der Waals surface area contributed by atoms with E-state index >= 15 is 0 Å². The lowest BCUT2D eigenvalue weighted by Crippen LogP contribution is -2.31. The highest BCUT2D eigenvalue weighted by Gasteiger charge is 2.39. The predicted octanol–water partition coefficient (Wildman–Crippen LogP) is 2.71. The van der Waals surface area contributed by atoms with Gasteiger partial charge < -0.3 is 10.6 Å². The van der Waals surface area contributed by atoms with Crippen LogP contribution in [0, 0.1) is 5.92 Å². The van der Waals surface area contributed by atoms with Crippen molar-refractivity contribution in [2.45, 2.75) is 51.6 Å². The first-order valence-corrected chi connectivity index (χ1v) is 7.47. The summed E-state index contributed by atoms with van der Waals surface area (Å²) >= 11 is 1.81. The molecule has 0 amide bonds. The summed E-state index contributed by atoms with van der Waals surface area (Å²) in [6.45, 7) is 6.26. The van der Waals surface area contributed by atoms with Crippen LogP contribution in [0.1, 0.15) is 49.6 Å². The molecule has 1 aliphatic carbocycles. The van der Waals surface area contributed by atoms with Gasteiger partial charge in [0.05, 0.1) is 5.69 Å². The Hall–Kier alpha value is -0.610. The molecule has 2 bridgehead atoms. The molecule has 0 spiro atoms. The SMILES string of the molecule is CC(C)c1nc(N2CC3CCC2C3)sc1CN. The molecule has 2 heterocycles. The number of anilines is 1. The largest absolute Gasteiger partial charge is 0.345 e. The lowest BCUT2D eigenvalue weighted by atomic mass is 10.1. The second kappa shape index (κ2) is 4.25. The van der Waals surface area contributed by atoms with E-state index in [0.29, 0.717) is 12.5 Å². The number of aromatic nitrogens is 1. The Balaban J connectivity index is 1.88. The molecule has 1 aromatic heterocycles. The molecule has 2 N–H and O–H groups in total. The Labute approximate surface area is 107 Å². The van der Waals surface area contributed by atoms with E-state index in [0.717, 1.165) is 12.0 Å². The molecule has 2 unspecified atom stereocenters. The average Bonchev–Trinajstić information content (AvgIpc) is 3.02. The Kier molecular flexibility index (Phi) is 2.87. The van der Waals surface area contributed by atoms with Gasteiger partial charge in [-0.15, -0.1) is 11.3 Å². The van der Waals surface area contributed by atoms with Crippen LogP contribution in [0.25, 0.3) is 0 Å². The number of fused-ring (bicyclic) bond motifs is 2. The van der Waals surface area contributed by atoms with E-state index < -0.39 is 0 Å². The molecule has 1 aliphatic heterocycles. The quantitative estimate of drug-likeness (QED) is 0.898. The number of nitrogens with two attached hydrogens (primary N) is 1. The summed E-state index contributed by atoms with van der Waals surface area (Å²) in [6, 6.07) is 0.761. The molecule has 1 saturated heterocycles. The summed E-state index contributed by atoms with van der Waals surface area (Å²) in [6.07, 6.45) is 4.17. The summed E-state index contributed by atoms with van der Waals surface area (Å²) in [5.74, 6) is 1.41. The van der Waals surface area contributed by atoms with E-state index in [1.807, 2.05) is 11.3 Å².